The summed E-state index contributed by atoms with van der Waals surface area (Å²) in [5.41, 5.74) is 3.49. The number of nitrogens with one attached hydrogen (secondary N) is 2. The molecular formula is C22H26N4O2. The maximum absolute atomic E-state index is 12.8. The number of hydrogen-bond acceptors (Lipinski definition) is 4. The number of amides is 2. The van der Waals surface area contributed by atoms with Crippen LogP contribution in [-0.2, 0) is 4.79 Å². The summed E-state index contributed by atoms with van der Waals surface area (Å²) in [4.78, 5) is 30.6. The molecule has 2 saturated heterocycles. The highest BCUT2D eigenvalue weighted by Crippen LogP contribution is 2.26. The number of piperazine rings is 1. The van der Waals surface area contributed by atoms with Crippen molar-refractivity contribution in [2.24, 2.45) is 0 Å². The van der Waals surface area contributed by atoms with E-state index in [0.29, 0.717) is 25.1 Å². The number of carbonyl (C=O) groups is 2. The highest BCUT2D eigenvalue weighted by molar-refractivity contribution is 5.94. The van der Waals surface area contributed by atoms with Gasteiger partial charge in [0, 0.05) is 43.4 Å². The Labute approximate surface area is 165 Å². The number of carbonyl (C=O) groups excluding carboxylic acids is 2. The molecule has 0 spiro atoms. The van der Waals surface area contributed by atoms with Crippen LogP contribution in [0.3, 0.4) is 0 Å². The first-order valence-electron chi connectivity index (χ1n) is 9.81. The zero-order valence-electron chi connectivity index (χ0n) is 16.4. The van der Waals surface area contributed by atoms with Gasteiger partial charge in [0.05, 0.1) is 17.3 Å². The van der Waals surface area contributed by atoms with E-state index in [1.165, 1.54) is 0 Å². The first kappa shape index (κ1) is 18.6. The first-order valence-corrected chi connectivity index (χ1v) is 9.81. The van der Waals surface area contributed by atoms with Crippen LogP contribution >= 0.6 is 0 Å². The second-order valence-corrected chi connectivity index (χ2v) is 8.25. The molecule has 0 bridgehead atoms. The lowest BCUT2D eigenvalue weighted by Gasteiger charge is -2.39. The van der Waals surface area contributed by atoms with Crippen LogP contribution in [0, 0.1) is 0 Å². The number of pyridine rings is 1. The van der Waals surface area contributed by atoms with Gasteiger partial charge in [0.2, 0.25) is 5.91 Å². The fourth-order valence-corrected chi connectivity index (χ4v) is 3.94. The minimum atomic E-state index is -0.0676. The van der Waals surface area contributed by atoms with Gasteiger partial charge in [-0.1, -0.05) is 24.3 Å². The smallest absolute Gasteiger partial charge is 0.255 e. The molecule has 0 aliphatic carbocycles. The second kappa shape index (κ2) is 7.36. The first-order chi connectivity index (χ1) is 13.4. The number of rotatable bonds is 3. The maximum atomic E-state index is 12.8. The van der Waals surface area contributed by atoms with E-state index in [-0.39, 0.29) is 23.4 Å². The Balaban J connectivity index is 1.45. The van der Waals surface area contributed by atoms with Crippen LogP contribution in [0.15, 0.2) is 42.6 Å². The van der Waals surface area contributed by atoms with Gasteiger partial charge in [-0.15, -0.1) is 0 Å². The third-order valence-electron chi connectivity index (χ3n) is 5.47. The molecule has 4 rings (SSSR count). The maximum Gasteiger partial charge on any atom is 0.255 e. The zero-order valence-corrected chi connectivity index (χ0v) is 16.4. The lowest BCUT2D eigenvalue weighted by Crippen LogP contribution is -2.58. The van der Waals surface area contributed by atoms with Crippen LogP contribution in [-0.4, -0.2) is 46.9 Å². The molecule has 3 heterocycles. The third kappa shape index (κ3) is 3.92. The number of nitrogens with zero attached hydrogens (tertiary/aromatic N) is 2. The summed E-state index contributed by atoms with van der Waals surface area (Å²) in [6.07, 6.45) is 3.10. The average Bonchev–Trinajstić information content (AvgIpc) is 3.13. The molecule has 2 aliphatic heterocycles. The van der Waals surface area contributed by atoms with Gasteiger partial charge in [0.1, 0.15) is 0 Å². The van der Waals surface area contributed by atoms with E-state index in [1.54, 1.807) is 6.20 Å². The molecule has 6 nitrogen and oxygen atoms in total. The Morgan fingerprint density at radius 1 is 1.18 bits per heavy atom. The van der Waals surface area contributed by atoms with Gasteiger partial charge in [-0.25, -0.2) is 0 Å². The Morgan fingerprint density at radius 2 is 1.96 bits per heavy atom. The summed E-state index contributed by atoms with van der Waals surface area (Å²) in [6.45, 7) is 6.41. The molecule has 2 aliphatic rings. The van der Waals surface area contributed by atoms with Crippen molar-refractivity contribution < 1.29 is 9.59 Å². The summed E-state index contributed by atoms with van der Waals surface area (Å²) in [6, 6.07) is 12.0. The van der Waals surface area contributed by atoms with Crippen LogP contribution in [0.1, 0.15) is 48.7 Å². The Bertz CT molecular complexity index is 874. The molecule has 2 amide bonds. The molecule has 1 aromatic heterocycles. The molecule has 146 valence electrons. The fourth-order valence-electron chi connectivity index (χ4n) is 3.94. The highest BCUT2D eigenvalue weighted by atomic mass is 16.2. The van der Waals surface area contributed by atoms with Crippen molar-refractivity contribution in [1.29, 1.82) is 0 Å². The topological polar surface area (TPSA) is 74.3 Å². The molecule has 0 radical (unpaired) electrons. The van der Waals surface area contributed by atoms with Gasteiger partial charge >= 0.3 is 0 Å². The van der Waals surface area contributed by atoms with Crippen molar-refractivity contribution in [2.75, 3.05) is 19.6 Å². The highest BCUT2D eigenvalue weighted by Gasteiger charge is 2.29. The Morgan fingerprint density at radius 3 is 2.57 bits per heavy atom. The zero-order chi connectivity index (χ0) is 19.7. The number of hydrogen-bond donors (Lipinski definition) is 2. The molecule has 1 aromatic carbocycles. The SMILES string of the molecule is CC1(C)CN(C(=O)c2ccc(-c3ccc(C4CCC(=O)N4)cc3)nc2)CCN1. The van der Waals surface area contributed by atoms with E-state index < -0.39 is 0 Å². The fraction of sp³-hybridized carbons (Fsp3) is 0.409. The van der Waals surface area contributed by atoms with E-state index in [2.05, 4.69) is 29.5 Å². The number of aromatic nitrogens is 1. The molecule has 2 N–H and O–H groups in total. The van der Waals surface area contributed by atoms with Gasteiger partial charge in [-0.05, 0) is 38.0 Å². The van der Waals surface area contributed by atoms with Gasteiger partial charge in [0.15, 0.2) is 0 Å². The van der Waals surface area contributed by atoms with Crippen molar-refractivity contribution in [1.82, 2.24) is 20.5 Å². The molecule has 6 heteroatoms. The van der Waals surface area contributed by atoms with Crippen LogP contribution in [0.2, 0.25) is 0 Å². The molecule has 1 unspecified atom stereocenters. The summed E-state index contributed by atoms with van der Waals surface area (Å²) >= 11 is 0. The van der Waals surface area contributed by atoms with E-state index in [0.717, 1.165) is 29.8 Å². The molecule has 0 saturated carbocycles. The van der Waals surface area contributed by atoms with E-state index in [4.69, 9.17) is 0 Å². The van der Waals surface area contributed by atoms with Crippen molar-refractivity contribution >= 4 is 11.8 Å². The molecule has 28 heavy (non-hydrogen) atoms. The monoisotopic (exact) mass is 378 g/mol. The minimum absolute atomic E-state index is 0.0287. The van der Waals surface area contributed by atoms with E-state index in [9.17, 15) is 9.59 Å². The average molecular weight is 378 g/mol. The van der Waals surface area contributed by atoms with Gasteiger partial charge in [-0.3, -0.25) is 14.6 Å². The lowest BCUT2D eigenvalue weighted by molar-refractivity contribution is -0.119. The van der Waals surface area contributed by atoms with Gasteiger partial charge < -0.3 is 15.5 Å². The standard InChI is InChI=1S/C22H26N4O2/c1-22(2)14-26(12-11-24-22)21(28)17-7-8-18(23-13-17)15-3-5-16(6-4-15)19-9-10-20(27)25-19/h3-8,13,19,24H,9-12,14H2,1-2H3,(H,25,27). The largest absolute Gasteiger partial charge is 0.349 e. The second-order valence-electron chi connectivity index (χ2n) is 8.25. The van der Waals surface area contributed by atoms with Crippen molar-refractivity contribution in [2.45, 2.75) is 38.3 Å². The van der Waals surface area contributed by atoms with Crippen LogP contribution in [0.25, 0.3) is 11.3 Å². The Hall–Kier alpha value is -2.73. The quantitative estimate of drug-likeness (QED) is 0.861. The van der Waals surface area contributed by atoms with Crippen LogP contribution in [0.4, 0.5) is 0 Å². The Kier molecular flexibility index (Phi) is 4.89. The van der Waals surface area contributed by atoms with Gasteiger partial charge in [-0.2, -0.15) is 0 Å². The molecule has 2 fully saturated rings. The molecule has 1 atom stereocenters. The lowest BCUT2D eigenvalue weighted by atomic mass is 10.0. The van der Waals surface area contributed by atoms with E-state index >= 15 is 0 Å². The third-order valence-corrected chi connectivity index (χ3v) is 5.47. The van der Waals surface area contributed by atoms with Crippen molar-refractivity contribution in [3.05, 3.63) is 53.7 Å². The minimum Gasteiger partial charge on any atom is -0.349 e. The van der Waals surface area contributed by atoms with E-state index in [1.807, 2.05) is 41.3 Å². The van der Waals surface area contributed by atoms with Crippen LogP contribution < -0.4 is 10.6 Å². The van der Waals surface area contributed by atoms with Gasteiger partial charge in [0.25, 0.3) is 5.91 Å². The van der Waals surface area contributed by atoms with Crippen molar-refractivity contribution in [3.63, 3.8) is 0 Å². The predicted octanol–water partition coefficient (Wildman–Crippen LogP) is 2.52. The van der Waals surface area contributed by atoms with Crippen LogP contribution in [0.5, 0.6) is 0 Å². The molecular weight excluding hydrogens is 352 g/mol. The molecule has 2 aromatic rings. The number of benzene rings is 1. The summed E-state index contributed by atoms with van der Waals surface area (Å²) in [5.74, 6) is 0.143. The summed E-state index contributed by atoms with van der Waals surface area (Å²) in [5, 5.41) is 6.40. The predicted molar refractivity (Wildman–Crippen MR) is 108 cm³/mol. The van der Waals surface area contributed by atoms with Crippen molar-refractivity contribution in [3.8, 4) is 11.3 Å². The summed E-state index contributed by atoms with van der Waals surface area (Å²) in [7, 11) is 0. The normalized spacial score (nSPS) is 21.4. The summed E-state index contributed by atoms with van der Waals surface area (Å²) < 4.78 is 0.